The van der Waals surface area contributed by atoms with Crippen molar-refractivity contribution in [2.24, 2.45) is 0 Å². The Bertz CT molecular complexity index is 613. The Balaban J connectivity index is 2.07. The van der Waals surface area contributed by atoms with Gasteiger partial charge >= 0.3 is 0 Å². The zero-order valence-corrected chi connectivity index (χ0v) is 15.5. The summed E-state index contributed by atoms with van der Waals surface area (Å²) in [4.78, 5) is 0. The summed E-state index contributed by atoms with van der Waals surface area (Å²) in [7, 11) is 1.66. The predicted octanol–water partition coefficient (Wildman–Crippen LogP) is 5.00. The molecule has 0 radical (unpaired) electrons. The molecule has 0 aliphatic heterocycles. The number of hydrogen-bond donors (Lipinski definition) is 1. The van der Waals surface area contributed by atoms with Crippen LogP contribution in [0.3, 0.4) is 0 Å². The average molecular weight is 417 g/mol. The van der Waals surface area contributed by atoms with Crippen LogP contribution in [0.5, 0.6) is 5.75 Å². The molecule has 1 aromatic heterocycles. The zero-order valence-electron chi connectivity index (χ0n) is 12.4. The average Bonchev–Trinajstić information content (AvgIpc) is 2.94. The minimum atomic E-state index is 0.429. The van der Waals surface area contributed by atoms with E-state index in [4.69, 9.17) is 4.74 Å². The number of methoxy groups -OCH3 is 1. The van der Waals surface area contributed by atoms with Crippen LogP contribution in [0.25, 0.3) is 0 Å². The van der Waals surface area contributed by atoms with Gasteiger partial charge in [0.2, 0.25) is 0 Å². The third-order valence-corrected chi connectivity index (χ3v) is 4.68. The molecule has 2 rings (SSSR count). The highest BCUT2D eigenvalue weighted by molar-refractivity contribution is 9.11. The molecule has 0 aliphatic carbocycles. The molecule has 0 bridgehead atoms. The number of aromatic nitrogens is 2. The second-order valence-electron chi connectivity index (χ2n) is 4.86. The van der Waals surface area contributed by atoms with E-state index in [2.05, 4.69) is 56.1 Å². The molecule has 1 aromatic carbocycles. The van der Waals surface area contributed by atoms with Gasteiger partial charge in [-0.15, -0.1) is 0 Å². The molecule has 114 valence electrons. The zero-order chi connectivity index (χ0) is 15.4. The van der Waals surface area contributed by atoms with Crippen LogP contribution in [0.2, 0.25) is 0 Å². The van der Waals surface area contributed by atoms with Crippen molar-refractivity contribution < 1.29 is 4.74 Å². The fourth-order valence-corrected chi connectivity index (χ4v) is 3.21. The first kappa shape index (κ1) is 16.4. The van der Waals surface area contributed by atoms with Gasteiger partial charge in [0, 0.05) is 22.8 Å². The Morgan fingerprint density at radius 1 is 1.33 bits per heavy atom. The maximum absolute atomic E-state index is 5.32. The van der Waals surface area contributed by atoms with E-state index < -0.39 is 0 Å². The molecule has 0 aliphatic rings. The highest BCUT2D eigenvalue weighted by Gasteiger charge is 2.08. The van der Waals surface area contributed by atoms with E-state index >= 15 is 0 Å². The lowest BCUT2D eigenvalue weighted by Crippen LogP contribution is -2.06. The normalized spacial score (nSPS) is 12.2. The van der Waals surface area contributed by atoms with Crippen LogP contribution in [0, 0.1) is 0 Å². The van der Waals surface area contributed by atoms with Gasteiger partial charge in [0.15, 0.2) is 0 Å². The molecule has 0 saturated carbocycles. The van der Waals surface area contributed by atoms with Crippen LogP contribution in [0.4, 0.5) is 5.69 Å². The van der Waals surface area contributed by atoms with Crippen molar-refractivity contribution in [2.45, 2.75) is 32.9 Å². The monoisotopic (exact) mass is 415 g/mol. The Labute approximate surface area is 142 Å². The summed E-state index contributed by atoms with van der Waals surface area (Å²) >= 11 is 7.02. The van der Waals surface area contributed by atoms with E-state index in [1.807, 2.05) is 29.1 Å². The lowest BCUT2D eigenvalue weighted by atomic mass is 10.3. The molecule has 4 nitrogen and oxygen atoms in total. The minimum absolute atomic E-state index is 0.429. The lowest BCUT2D eigenvalue weighted by molar-refractivity contribution is 0.412. The number of halogens is 2. The van der Waals surface area contributed by atoms with E-state index in [0.29, 0.717) is 12.6 Å². The Kier molecular flexibility index (Phi) is 5.70. The van der Waals surface area contributed by atoms with Crippen LogP contribution >= 0.6 is 31.9 Å². The molecule has 0 amide bonds. The molecule has 0 spiro atoms. The van der Waals surface area contributed by atoms with Gasteiger partial charge in [-0.25, -0.2) is 0 Å². The van der Waals surface area contributed by atoms with Gasteiger partial charge < -0.3 is 10.1 Å². The van der Waals surface area contributed by atoms with Gasteiger partial charge in [0.1, 0.15) is 5.75 Å². The van der Waals surface area contributed by atoms with Crippen LogP contribution in [0.1, 0.15) is 32.0 Å². The summed E-state index contributed by atoms with van der Waals surface area (Å²) in [5, 5.41) is 7.96. The summed E-state index contributed by atoms with van der Waals surface area (Å²) in [6, 6.07) is 6.40. The van der Waals surface area contributed by atoms with Crippen molar-refractivity contribution >= 4 is 37.5 Å². The van der Waals surface area contributed by atoms with Crippen molar-refractivity contribution in [1.82, 2.24) is 9.78 Å². The van der Waals surface area contributed by atoms with Gasteiger partial charge in [-0.1, -0.05) is 6.92 Å². The van der Waals surface area contributed by atoms with Gasteiger partial charge in [0.05, 0.1) is 29.5 Å². The summed E-state index contributed by atoms with van der Waals surface area (Å²) in [6.07, 6.45) is 3.10. The molecular formula is C15H19Br2N3O. The van der Waals surface area contributed by atoms with Gasteiger partial charge in [-0.05, 0) is 57.3 Å². The molecule has 0 saturated heterocycles. The summed E-state index contributed by atoms with van der Waals surface area (Å²) in [5.41, 5.74) is 2.00. The maximum Gasteiger partial charge on any atom is 0.135 e. The maximum atomic E-state index is 5.32. The third kappa shape index (κ3) is 4.01. The van der Waals surface area contributed by atoms with Crippen molar-refractivity contribution in [1.29, 1.82) is 0 Å². The van der Waals surface area contributed by atoms with Crippen LogP contribution < -0.4 is 10.1 Å². The molecule has 1 unspecified atom stereocenters. The molecule has 6 heteroatoms. The Morgan fingerprint density at radius 2 is 2.10 bits per heavy atom. The van der Waals surface area contributed by atoms with Gasteiger partial charge in [-0.3, -0.25) is 4.68 Å². The van der Waals surface area contributed by atoms with Gasteiger partial charge in [0.25, 0.3) is 0 Å². The number of hydrogen-bond acceptors (Lipinski definition) is 3. The van der Waals surface area contributed by atoms with Crippen LogP contribution in [-0.4, -0.2) is 16.9 Å². The molecular weight excluding hydrogens is 398 g/mol. The number of rotatable bonds is 6. The second kappa shape index (κ2) is 7.31. The van der Waals surface area contributed by atoms with E-state index in [1.165, 1.54) is 0 Å². The number of ether oxygens (including phenoxy) is 1. The first-order valence-electron chi connectivity index (χ1n) is 6.86. The molecule has 1 N–H and O–H groups in total. The summed E-state index contributed by atoms with van der Waals surface area (Å²) in [6.45, 7) is 5.00. The topological polar surface area (TPSA) is 39.1 Å². The summed E-state index contributed by atoms with van der Waals surface area (Å²) < 4.78 is 9.23. The van der Waals surface area contributed by atoms with Crippen LogP contribution in [-0.2, 0) is 6.54 Å². The number of benzene rings is 1. The second-order valence-corrected chi connectivity index (χ2v) is 6.57. The van der Waals surface area contributed by atoms with Crippen molar-refractivity contribution in [3.63, 3.8) is 0 Å². The fourth-order valence-electron chi connectivity index (χ4n) is 1.91. The lowest BCUT2D eigenvalue weighted by Gasteiger charge is -2.11. The third-order valence-electron chi connectivity index (χ3n) is 3.41. The number of anilines is 1. The SMILES string of the molecule is CCC(C)n1ccc(CNc2cc(OC)c(Br)cc2Br)n1. The molecule has 21 heavy (non-hydrogen) atoms. The number of nitrogens with one attached hydrogen (secondary N) is 1. The Hall–Kier alpha value is -1.01. The smallest absolute Gasteiger partial charge is 0.135 e. The molecule has 1 atom stereocenters. The quantitative estimate of drug-likeness (QED) is 0.719. The largest absolute Gasteiger partial charge is 0.495 e. The Morgan fingerprint density at radius 3 is 2.76 bits per heavy atom. The van der Waals surface area contributed by atoms with E-state index in [-0.39, 0.29) is 0 Å². The first-order chi connectivity index (χ1) is 10.0. The van der Waals surface area contributed by atoms with Crippen molar-refractivity contribution in [2.75, 3.05) is 12.4 Å². The van der Waals surface area contributed by atoms with Crippen LogP contribution in [0.15, 0.2) is 33.3 Å². The van der Waals surface area contributed by atoms with Crippen molar-refractivity contribution in [3.05, 3.63) is 39.0 Å². The van der Waals surface area contributed by atoms with Crippen molar-refractivity contribution in [3.8, 4) is 5.75 Å². The highest BCUT2D eigenvalue weighted by atomic mass is 79.9. The highest BCUT2D eigenvalue weighted by Crippen LogP contribution is 2.34. The fraction of sp³-hybridized carbons (Fsp3) is 0.400. The molecule has 1 heterocycles. The van der Waals surface area contributed by atoms with E-state index in [1.54, 1.807) is 7.11 Å². The molecule has 2 aromatic rings. The molecule has 0 fully saturated rings. The first-order valence-corrected chi connectivity index (χ1v) is 8.44. The van der Waals surface area contributed by atoms with E-state index in [9.17, 15) is 0 Å². The standard InChI is InChI=1S/C15H19Br2N3O/c1-4-10(2)20-6-5-11(19-20)9-18-14-8-15(21-3)13(17)7-12(14)16/h5-8,10,18H,4,9H2,1-3H3. The predicted molar refractivity (Wildman–Crippen MR) is 92.9 cm³/mol. The summed E-state index contributed by atoms with van der Waals surface area (Å²) in [5.74, 6) is 0.797. The van der Waals surface area contributed by atoms with Gasteiger partial charge in [-0.2, -0.15) is 5.10 Å². The number of nitrogens with zero attached hydrogens (tertiary/aromatic N) is 2. The van der Waals surface area contributed by atoms with E-state index in [0.717, 1.165) is 32.5 Å². The minimum Gasteiger partial charge on any atom is -0.495 e.